The summed E-state index contributed by atoms with van der Waals surface area (Å²) in [6, 6.07) is 5.19. The van der Waals surface area contributed by atoms with Crippen molar-refractivity contribution >= 4 is 5.78 Å². The Bertz CT molecular complexity index is 425. The van der Waals surface area contributed by atoms with Crippen LogP contribution in [0.4, 0.5) is 4.39 Å². The number of halogens is 1. The Morgan fingerprint density at radius 2 is 2.00 bits per heavy atom. The zero-order chi connectivity index (χ0) is 13.0. The smallest absolute Gasteiger partial charge is 0.134 e. The van der Waals surface area contributed by atoms with Crippen LogP contribution in [-0.4, -0.2) is 23.8 Å². The lowest BCUT2D eigenvalue weighted by molar-refractivity contribution is -0.116. The molecule has 1 saturated heterocycles. The fourth-order valence-electron chi connectivity index (χ4n) is 2.47. The van der Waals surface area contributed by atoms with E-state index in [1.807, 2.05) is 12.1 Å². The Morgan fingerprint density at radius 1 is 1.28 bits per heavy atom. The number of Topliss-reactive ketones (excluding diaryl/α,β-unsaturated/α-hetero) is 1. The molecule has 0 radical (unpaired) electrons. The minimum atomic E-state index is -0.181. The molecule has 0 saturated carbocycles. The SMILES string of the molecule is CC(=O)Cc1ccc(CN2CCCCC2)c(F)c1. The van der Waals surface area contributed by atoms with E-state index in [0.29, 0.717) is 13.0 Å². The fraction of sp³-hybridized carbons (Fsp3) is 0.533. The molecule has 0 aliphatic carbocycles. The zero-order valence-corrected chi connectivity index (χ0v) is 10.9. The van der Waals surface area contributed by atoms with E-state index in [9.17, 15) is 9.18 Å². The van der Waals surface area contributed by atoms with E-state index in [0.717, 1.165) is 24.2 Å². The van der Waals surface area contributed by atoms with E-state index < -0.39 is 0 Å². The number of hydrogen-bond acceptors (Lipinski definition) is 2. The molecule has 2 nitrogen and oxygen atoms in total. The van der Waals surface area contributed by atoms with Crippen molar-refractivity contribution in [1.29, 1.82) is 0 Å². The first kappa shape index (κ1) is 13.2. The molecule has 0 amide bonds. The van der Waals surface area contributed by atoms with Crippen LogP contribution in [-0.2, 0) is 17.8 Å². The van der Waals surface area contributed by atoms with Crippen LogP contribution in [0.5, 0.6) is 0 Å². The molecule has 1 aliphatic rings. The molecule has 1 aromatic rings. The van der Waals surface area contributed by atoms with Gasteiger partial charge in [0.2, 0.25) is 0 Å². The maximum atomic E-state index is 13.9. The lowest BCUT2D eigenvalue weighted by atomic mass is 10.1. The molecule has 2 rings (SSSR count). The lowest BCUT2D eigenvalue weighted by Crippen LogP contribution is -2.29. The highest BCUT2D eigenvalue weighted by Gasteiger charge is 2.13. The normalized spacial score (nSPS) is 16.8. The lowest BCUT2D eigenvalue weighted by Gasteiger charge is -2.26. The number of nitrogens with zero attached hydrogens (tertiary/aromatic N) is 1. The van der Waals surface area contributed by atoms with Crippen LogP contribution in [0.25, 0.3) is 0 Å². The molecule has 1 fully saturated rings. The highest BCUT2D eigenvalue weighted by molar-refractivity contribution is 5.78. The molecule has 0 unspecified atom stereocenters. The van der Waals surface area contributed by atoms with Gasteiger partial charge in [-0.1, -0.05) is 18.6 Å². The quantitative estimate of drug-likeness (QED) is 0.817. The minimum absolute atomic E-state index is 0.0678. The Balaban J connectivity index is 2.02. The predicted octanol–water partition coefficient (Wildman–Crippen LogP) is 2.94. The summed E-state index contributed by atoms with van der Waals surface area (Å²) in [5.74, 6) is -0.113. The first-order valence-corrected chi connectivity index (χ1v) is 6.64. The van der Waals surface area contributed by atoms with Gasteiger partial charge < -0.3 is 0 Å². The first-order chi connectivity index (χ1) is 8.65. The molecule has 0 atom stereocenters. The standard InChI is InChI=1S/C15H20FNO/c1-12(18)9-13-5-6-14(15(16)10-13)11-17-7-3-2-4-8-17/h5-6,10H,2-4,7-9,11H2,1H3. The van der Waals surface area contributed by atoms with Crippen LogP contribution in [0.15, 0.2) is 18.2 Å². The van der Waals surface area contributed by atoms with E-state index in [4.69, 9.17) is 0 Å². The predicted molar refractivity (Wildman–Crippen MR) is 69.9 cm³/mol. The summed E-state index contributed by atoms with van der Waals surface area (Å²) in [5, 5.41) is 0. The highest BCUT2D eigenvalue weighted by atomic mass is 19.1. The number of carbonyl (C=O) groups is 1. The van der Waals surface area contributed by atoms with Crippen molar-refractivity contribution in [3.63, 3.8) is 0 Å². The van der Waals surface area contributed by atoms with Gasteiger partial charge in [-0.25, -0.2) is 4.39 Å². The monoisotopic (exact) mass is 249 g/mol. The number of ketones is 1. The summed E-state index contributed by atoms with van der Waals surface area (Å²) in [6.07, 6.45) is 4.03. The third kappa shape index (κ3) is 3.64. The Morgan fingerprint density at radius 3 is 2.61 bits per heavy atom. The molecule has 1 aliphatic heterocycles. The Kier molecular flexibility index (Phi) is 4.48. The van der Waals surface area contributed by atoms with Crippen LogP contribution in [0.3, 0.4) is 0 Å². The second-order valence-electron chi connectivity index (χ2n) is 5.14. The minimum Gasteiger partial charge on any atom is -0.300 e. The number of likely N-dealkylation sites (tertiary alicyclic amines) is 1. The van der Waals surface area contributed by atoms with Crippen molar-refractivity contribution in [3.8, 4) is 0 Å². The molecule has 0 aromatic heterocycles. The van der Waals surface area contributed by atoms with Gasteiger partial charge in [0, 0.05) is 18.5 Å². The van der Waals surface area contributed by atoms with Gasteiger partial charge in [-0.05, 0) is 44.5 Å². The zero-order valence-electron chi connectivity index (χ0n) is 10.9. The van der Waals surface area contributed by atoms with E-state index in [2.05, 4.69) is 4.90 Å². The summed E-state index contributed by atoms with van der Waals surface area (Å²) < 4.78 is 13.9. The molecule has 18 heavy (non-hydrogen) atoms. The average Bonchev–Trinajstić information content (AvgIpc) is 2.33. The van der Waals surface area contributed by atoms with Crippen molar-refractivity contribution in [1.82, 2.24) is 4.90 Å². The number of piperidine rings is 1. The van der Waals surface area contributed by atoms with Crippen molar-refractivity contribution in [2.75, 3.05) is 13.1 Å². The van der Waals surface area contributed by atoms with Crippen molar-refractivity contribution in [2.45, 2.75) is 39.2 Å². The molecule has 0 spiro atoms. The molecule has 1 heterocycles. The maximum absolute atomic E-state index is 13.9. The van der Waals surface area contributed by atoms with Crippen molar-refractivity contribution in [2.24, 2.45) is 0 Å². The average molecular weight is 249 g/mol. The third-order valence-electron chi connectivity index (χ3n) is 3.41. The molecule has 98 valence electrons. The van der Waals surface area contributed by atoms with Crippen molar-refractivity contribution in [3.05, 3.63) is 35.1 Å². The van der Waals surface area contributed by atoms with Gasteiger partial charge in [-0.15, -0.1) is 0 Å². The topological polar surface area (TPSA) is 20.3 Å². The second kappa shape index (κ2) is 6.10. The third-order valence-corrected chi connectivity index (χ3v) is 3.41. The van der Waals surface area contributed by atoms with Gasteiger partial charge in [0.05, 0.1) is 0 Å². The second-order valence-corrected chi connectivity index (χ2v) is 5.14. The largest absolute Gasteiger partial charge is 0.300 e. The van der Waals surface area contributed by atoms with Gasteiger partial charge in [-0.3, -0.25) is 9.69 Å². The summed E-state index contributed by atoms with van der Waals surface area (Å²) in [5.41, 5.74) is 1.51. The molecule has 3 heteroatoms. The van der Waals surface area contributed by atoms with E-state index in [1.54, 1.807) is 0 Å². The highest BCUT2D eigenvalue weighted by Crippen LogP contribution is 2.17. The maximum Gasteiger partial charge on any atom is 0.134 e. The molecule has 1 aromatic carbocycles. The van der Waals surface area contributed by atoms with Crippen LogP contribution >= 0.6 is 0 Å². The summed E-state index contributed by atoms with van der Waals surface area (Å²) in [4.78, 5) is 13.3. The number of benzene rings is 1. The van der Waals surface area contributed by atoms with Gasteiger partial charge in [0.25, 0.3) is 0 Å². The van der Waals surface area contributed by atoms with E-state index >= 15 is 0 Å². The number of carbonyl (C=O) groups excluding carboxylic acids is 1. The van der Waals surface area contributed by atoms with Crippen LogP contribution in [0, 0.1) is 5.82 Å². The van der Waals surface area contributed by atoms with Crippen LogP contribution in [0.1, 0.15) is 37.3 Å². The summed E-state index contributed by atoms with van der Waals surface area (Å²) >= 11 is 0. The van der Waals surface area contributed by atoms with Crippen LogP contribution < -0.4 is 0 Å². The van der Waals surface area contributed by atoms with Gasteiger partial charge in [0.15, 0.2) is 0 Å². The molecular formula is C15H20FNO. The summed E-state index contributed by atoms with van der Waals surface area (Å²) in [6.45, 7) is 4.34. The van der Waals surface area contributed by atoms with Gasteiger partial charge in [0.1, 0.15) is 11.6 Å². The van der Waals surface area contributed by atoms with E-state index in [-0.39, 0.29) is 11.6 Å². The summed E-state index contributed by atoms with van der Waals surface area (Å²) in [7, 11) is 0. The molecular weight excluding hydrogens is 229 g/mol. The number of rotatable bonds is 4. The van der Waals surface area contributed by atoms with E-state index in [1.165, 1.54) is 32.3 Å². The van der Waals surface area contributed by atoms with Crippen LogP contribution in [0.2, 0.25) is 0 Å². The van der Waals surface area contributed by atoms with Crippen molar-refractivity contribution < 1.29 is 9.18 Å². The molecule has 0 bridgehead atoms. The van der Waals surface area contributed by atoms with Gasteiger partial charge in [-0.2, -0.15) is 0 Å². The Hall–Kier alpha value is -1.22. The van der Waals surface area contributed by atoms with Gasteiger partial charge >= 0.3 is 0 Å². The number of hydrogen-bond donors (Lipinski definition) is 0. The Labute approximate surface area is 108 Å². The molecule has 0 N–H and O–H groups in total. The fourth-order valence-corrected chi connectivity index (χ4v) is 2.47. The first-order valence-electron chi connectivity index (χ1n) is 6.64.